The summed E-state index contributed by atoms with van der Waals surface area (Å²) in [6, 6.07) is 4.40. The van der Waals surface area contributed by atoms with E-state index in [0.29, 0.717) is 19.4 Å². The van der Waals surface area contributed by atoms with Gasteiger partial charge in [0.1, 0.15) is 29.6 Å². The summed E-state index contributed by atoms with van der Waals surface area (Å²) in [5, 5.41) is 0. The van der Waals surface area contributed by atoms with E-state index in [0.717, 1.165) is 107 Å². The van der Waals surface area contributed by atoms with Crippen molar-refractivity contribution in [1.82, 2.24) is 4.90 Å². The van der Waals surface area contributed by atoms with E-state index in [1.807, 2.05) is 19.0 Å². The summed E-state index contributed by atoms with van der Waals surface area (Å²) in [4.78, 5) is 37.3. The van der Waals surface area contributed by atoms with Crippen molar-refractivity contribution in [2.75, 3.05) is 40.5 Å². The highest BCUT2D eigenvalue weighted by Crippen LogP contribution is 2.43. The van der Waals surface area contributed by atoms with Gasteiger partial charge in [-0.3, -0.25) is 18.6 Å². The normalized spacial score (nSPS) is 13.2. The molecule has 2 aromatic heterocycles. The van der Waals surface area contributed by atoms with Crippen LogP contribution in [0.15, 0.2) is 21.0 Å². The Morgan fingerprint density at radius 3 is 1.54 bits per heavy atom. The Bertz CT molecular complexity index is 1440. The van der Waals surface area contributed by atoms with E-state index in [1.54, 1.807) is 0 Å². The number of phosphoric acid groups is 1. The summed E-state index contributed by atoms with van der Waals surface area (Å²) in [6.07, 6.45) is 25.1. The molecule has 2 aromatic rings. The molecule has 0 radical (unpaired) electrons. The monoisotopic (exact) mass is 852 g/mol. The van der Waals surface area contributed by atoms with Gasteiger partial charge in [-0.1, -0.05) is 104 Å². The minimum Gasteiger partial charge on any atom is -0.466 e. The van der Waals surface area contributed by atoms with Crippen molar-refractivity contribution in [3.05, 3.63) is 46.3 Å². The lowest BCUT2D eigenvalue weighted by Crippen LogP contribution is -2.29. The highest BCUT2D eigenvalue weighted by atomic mass is 31.2. The number of nitrogens with zero attached hydrogens (tertiary/aromatic N) is 1. The second kappa shape index (κ2) is 32.3. The Morgan fingerprint density at radius 2 is 1.07 bits per heavy atom. The highest BCUT2D eigenvalue weighted by molar-refractivity contribution is 7.47. The largest absolute Gasteiger partial charge is 0.472 e. The maximum Gasteiger partial charge on any atom is 0.472 e. The van der Waals surface area contributed by atoms with Crippen molar-refractivity contribution < 1.29 is 46.4 Å². The van der Waals surface area contributed by atoms with Gasteiger partial charge in [0.05, 0.1) is 13.2 Å². The van der Waals surface area contributed by atoms with Crippen LogP contribution in [0.3, 0.4) is 0 Å². The molecule has 0 fully saturated rings. The molecule has 0 saturated heterocycles. The third-order valence-corrected chi connectivity index (χ3v) is 11.7. The van der Waals surface area contributed by atoms with Crippen molar-refractivity contribution in [2.24, 2.45) is 0 Å². The van der Waals surface area contributed by atoms with Gasteiger partial charge in [-0.05, 0) is 89.7 Å². The number of ether oxygens (including phenoxy) is 2. The summed E-state index contributed by atoms with van der Waals surface area (Å²) in [7, 11) is -0.748. The van der Waals surface area contributed by atoms with E-state index in [-0.39, 0.29) is 26.1 Å². The van der Waals surface area contributed by atoms with Gasteiger partial charge in [0.25, 0.3) is 0 Å². The second-order valence-electron chi connectivity index (χ2n) is 16.7. The molecule has 2 rings (SSSR count). The number of hydrogen-bond acceptors (Lipinski definition) is 10. The van der Waals surface area contributed by atoms with Crippen LogP contribution in [0.1, 0.15) is 189 Å². The molecule has 0 bridgehead atoms. The summed E-state index contributed by atoms with van der Waals surface area (Å²) < 4.78 is 45.8. The number of furan rings is 2. The molecule has 0 aromatic carbocycles. The number of carbonyl (C=O) groups excluding carboxylic acids is 2. The molecule has 0 aliphatic rings. The molecular formula is C47H82NO10P. The highest BCUT2D eigenvalue weighted by Gasteiger charge is 2.26. The zero-order chi connectivity index (χ0) is 43.1. The predicted octanol–water partition coefficient (Wildman–Crippen LogP) is 12.1. The fourth-order valence-electron chi connectivity index (χ4n) is 7.07. The van der Waals surface area contributed by atoms with Crippen LogP contribution >= 0.6 is 7.82 Å². The molecular weight excluding hydrogens is 769 g/mol. The van der Waals surface area contributed by atoms with Gasteiger partial charge in [-0.25, -0.2) is 4.57 Å². The lowest BCUT2D eigenvalue weighted by molar-refractivity contribution is -0.161. The van der Waals surface area contributed by atoms with E-state index in [2.05, 4.69) is 39.8 Å². The van der Waals surface area contributed by atoms with Crippen molar-refractivity contribution in [2.45, 2.75) is 201 Å². The average molecular weight is 852 g/mol. The van der Waals surface area contributed by atoms with Gasteiger partial charge >= 0.3 is 19.8 Å². The van der Waals surface area contributed by atoms with Crippen LogP contribution in [0, 0.1) is 13.8 Å². The first-order valence-electron chi connectivity index (χ1n) is 23.2. The fourth-order valence-corrected chi connectivity index (χ4v) is 7.81. The number of likely N-dealkylation sites (N-methyl/N-ethyl adjacent to an activating group) is 1. The first kappa shape index (κ1) is 52.7. The number of rotatable bonds is 38. The second-order valence-corrected chi connectivity index (χ2v) is 18.2. The Kier molecular flexibility index (Phi) is 28.9. The summed E-state index contributed by atoms with van der Waals surface area (Å²) in [6.45, 7) is 8.46. The molecule has 0 spiro atoms. The lowest BCUT2D eigenvalue weighted by atomic mass is 10.1. The summed E-state index contributed by atoms with van der Waals surface area (Å²) >= 11 is 0. The SMILES string of the molecule is CCCCCc1cc(C)c(CCCCCCCCCCC(=O)OC[C@H](COP(=O)(O)OCCN(C)C)OC(=O)CCCCCCCCc2oc(CCCCC)cc2C)o1. The van der Waals surface area contributed by atoms with Crippen LogP contribution in [0.25, 0.3) is 0 Å². The minimum atomic E-state index is -4.39. The van der Waals surface area contributed by atoms with Crippen LogP contribution < -0.4 is 0 Å². The van der Waals surface area contributed by atoms with Crippen molar-refractivity contribution in [3.8, 4) is 0 Å². The molecule has 0 aliphatic heterocycles. The van der Waals surface area contributed by atoms with Crippen LogP contribution in [0.4, 0.5) is 0 Å². The Hall–Kier alpha value is -2.43. The standard InChI is InChI=1S/C47H82NO10P/c1-7-9-21-27-41-35-39(3)44(56-41)29-23-17-13-11-12-14-19-25-31-46(49)53-37-43(38-55-59(51,52)54-34-33-48(5)6)58-47(50)32-26-20-16-15-18-24-30-45-40(4)36-42(57-45)28-22-10-8-2/h35-36,43H,7-34,37-38H2,1-6H3,(H,51,52)/t43-/m1/s1. The number of esters is 2. The third-order valence-electron chi connectivity index (χ3n) is 10.7. The number of carbonyl (C=O) groups is 2. The Balaban J connectivity index is 1.62. The molecule has 2 atom stereocenters. The van der Waals surface area contributed by atoms with E-state index in [4.69, 9.17) is 27.4 Å². The van der Waals surface area contributed by atoms with Gasteiger partial charge in [-0.15, -0.1) is 0 Å². The van der Waals surface area contributed by atoms with Crippen LogP contribution in [0.2, 0.25) is 0 Å². The van der Waals surface area contributed by atoms with Gasteiger partial charge in [0.15, 0.2) is 6.10 Å². The number of unbranched alkanes of at least 4 members (excludes halogenated alkanes) is 16. The van der Waals surface area contributed by atoms with Crippen molar-refractivity contribution in [1.29, 1.82) is 0 Å². The lowest BCUT2D eigenvalue weighted by Gasteiger charge is -2.20. The zero-order valence-corrected chi connectivity index (χ0v) is 38.9. The first-order chi connectivity index (χ1) is 28.4. The van der Waals surface area contributed by atoms with Gasteiger partial charge in [-0.2, -0.15) is 0 Å². The van der Waals surface area contributed by atoms with Crippen LogP contribution in [-0.4, -0.2) is 68.3 Å². The third kappa shape index (κ3) is 26.5. The van der Waals surface area contributed by atoms with Crippen molar-refractivity contribution >= 4 is 19.8 Å². The van der Waals surface area contributed by atoms with E-state index < -0.39 is 32.5 Å². The maximum absolute atomic E-state index is 12.8. The van der Waals surface area contributed by atoms with Gasteiger partial charge in [0.2, 0.25) is 0 Å². The summed E-state index contributed by atoms with van der Waals surface area (Å²) in [5.41, 5.74) is 2.53. The fraction of sp³-hybridized carbons (Fsp3) is 0.787. The molecule has 2 heterocycles. The molecule has 0 aliphatic carbocycles. The van der Waals surface area contributed by atoms with Crippen LogP contribution in [-0.2, 0) is 58.4 Å². The van der Waals surface area contributed by atoms with E-state index in [1.165, 1.54) is 68.9 Å². The topological polar surface area (TPSA) is 138 Å². The molecule has 12 heteroatoms. The van der Waals surface area contributed by atoms with Gasteiger partial charge in [0, 0.05) is 45.1 Å². The predicted molar refractivity (Wildman–Crippen MR) is 236 cm³/mol. The Labute approximate surface area is 357 Å². The first-order valence-corrected chi connectivity index (χ1v) is 24.7. The van der Waals surface area contributed by atoms with Crippen LogP contribution in [0.5, 0.6) is 0 Å². The average Bonchev–Trinajstić information content (AvgIpc) is 3.73. The Morgan fingerprint density at radius 1 is 0.627 bits per heavy atom. The quantitative estimate of drug-likeness (QED) is 0.0392. The molecule has 0 amide bonds. The molecule has 1 N–H and O–H groups in total. The van der Waals surface area contributed by atoms with E-state index >= 15 is 0 Å². The molecule has 340 valence electrons. The molecule has 59 heavy (non-hydrogen) atoms. The minimum absolute atomic E-state index is 0.00568. The number of phosphoric ester groups is 1. The number of hydrogen-bond donors (Lipinski definition) is 1. The zero-order valence-electron chi connectivity index (χ0n) is 38.0. The van der Waals surface area contributed by atoms with Gasteiger partial charge < -0.3 is 28.1 Å². The molecule has 11 nitrogen and oxygen atoms in total. The maximum atomic E-state index is 12.8. The summed E-state index contributed by atoms with van der Waals surface area (Å²) in [5.74, 6) is 3.64. The smallest absolute Gasteiger partial charge is 0.466 e. The van der Waals surface area contributed by atoms with Crippen molar-refractivity contribution in [3.63, 3.8) is 0 Å². The number of aryl methyl sites for hydroxylation is 6. The molecule has 0 saturated carbocycles. The van der Waals surface area contributed by atoms with E-state index in [9.17, 15) is 19.0 Å². The molecule has 1 unspecified atom stereocenters.